The molecule has 0 bridgehead atoms. The normalized spacial score (nSPS) is 21.8. The number of carbonyl (C=O) groups excluding carboxylic acids is 2. The van der Waals surface area contributed by atoms with Gasteiger partial charge in [-0.2, -0.15) is 0 Å². The minimum absolute atomic E-state index is 0.0309. The summed E-state index contributed by atoms with van der Waals surface area (Å²) in [6, 6.07) is 5.52. The SMILES string of the molecule is CCC(C)C1Nc2ccc(C(=O)NC3CC3)cc2NC1=O. The van der Waals surface area contributed by atoms with E-state index < -0.39 is 0 Å². The fourth-order valence-corrected chi connectivity index (χ4v) is 2.49. The zero-order chi connectivity index (χ0) is 15.0. The molecule has 5 heteroatoms. The van der Waals surface area contributed by atoms with Gasteiger partial charge < -0.3 is 16.0 Å². The van der Waals surface area contributed by atoms with Crippen molar-refractivity contribution in [2.24, 2.45) is 5.92 Å². The van der Waals surface area contributed by atoms with Gasteiger partial charge in [0.2, 0.25) is 5.91 Å². The lowest BCUT2D eigenvalue weighted by Gasteiger charge is -2.30. The Bertz CT molecular complexity index is 581. The number of hydrogen-bond acceptors (Lipinski definition) is 3. The molecule has 3 N–H and O–H groups in total. The number of hydrogen-bond donors (Lipinski definition) is 3. The molecule has 2 unspecified atom stereocenters. The third-order valence-electron chi connectivity index (χ3n) is 4.26. The van der Waals surface area contributed by atoms with Crippen LogP contribution in [0.3, 0.4) is 0 Å². The number of fused-ring (bicyclic) bond motifs is 1. The maximum atomic E-state index is 12.2. The molecule has 2 atom stereocenters. The zero-order valence-corrected chi connectivity index (χ0v) is 12.4. The van der Waals surface area contributed by atoms with E-state index in [-0.39, 0.29) is 23.8 Å². The highest BCUT2D eigenvalue weighted by Crippen LogP contribution is 2.30. The van der Waals surface area contributed by atoms with E-state index in [1.54, 1.807) is 12.1 Å². The standard InChI is InChI=1S/C16H21N3O2/c1-3-9(2)14-16(21)19-13-8-10(4-7-12(13)18-14)15(20)17-11-5-6-11/h4,7-9,11,14,18H,3,5-6H2,1-2H3,(H,17,20)(H,19,21). The molecule has 1 saturated carbocycles. The van der Waals surface area contributed by atoms with Crippen molar-refractivity contribution in [2.75, 3.05) is 10.6 Å². The Morgan fingerprint density at radius 2 is 2.14 bits per heavy atom. The molecule has 5 nitrogen and oxygen atoms in total. The molecule has 112 valence electrons. The molecule has 2 amide bonds. The van der Waals surface area contributed by atoms with E-state index in [9.17, 15) is 9.59 Å². The van der Waals surface area contributed by atoms with Crippen LogP contribution in [0.1, 0.15) is 43.5 Å². The van der Waals surface area contributed by atoms with Gasteiger partial charge in [0.15, 0.2) is 0 Å². The molecule has 1 fully saturated rings. The minimum atomic E-state index is -0.214. The number of rotatable bonds is 4. The molecule has 1 aliphatic carbocycles. The molecule has 1 aromatic carbocycles. The molecule has 0 spiro atoms. The van der Waals surface area contributed by atoms with Crippen LogP contribution in [0.5, 0.6) is 0 Å². The first-order valence-electron chi connectivity index (χ1n) is 7.60. The molecule has 3 rings (SSSR count). The summed E-state index contributed by atoms with van der Waals surface area (Å²) in [5.74, 6) is 0.159. The fraction of sp³-hybridized carbons (Fsp3) is 0.500. The van der Waals surface area contributed by atoms with Gasteiger partial charge in [-0.1, -0.05) is 20.3 Å². The Hall–Kier alpha value is -2.04. The lowest BCUT2D eigenvalue weighted by Crippen LogP contribution is -2.43. The van der Waals surface area contributed by atoms with Crippen molar-refractivity contribution >= 4 is 23.2 Å². The van der Waals surface area contributed by atoms with Gasteiger partial charge in [-0.3, -0.25) is 9.59 Å². The molecule has 1 heterocycles. The van der Waals surface area contributed by atoms with Crippen LogP contribution in [0.25, 0.3) is 0 Å². The molecular weight excluding hydrogens is 266 g/mol. The van der Waals surface area contributed by atoms with Gasteiger partial charge >= 0.3 is 0 Å². The highest BCUT2D eigenvalue weighted by atomic mass is 16.2. The van der Waals surface area contributed by atoms with Crippen LogP contribution in [0.4, 0.5) is 11.4 Å². The van der Waals surface area contributed by atoms with Gasteiger partial charge in [0.1, 0.15) is 6.04 Å². The summed E-state index contributed by atoms with van der Waals surface area (Å²) in [5.41, 5.74) is 2.15. The highest BCUT2D eigenvalue weighted by molar-refractivity contribution is 6.05. The van der Waals surface area contributed by atoms with E-state index in [0.29, 0.717) is 17.3 Å². The molecule has 0 saturated heterocycles. The van der Waals surface area contributed by atoms with E-state index in [1.807, 2.05) is 6.07 Å². The van der Waals surface area contributed by atoms with Crippen molar-refractivity contribution in [3.63, 3.8) is 0 Å². The molecule has 1 aromatic rings. The molecular formula is C16H21N3O2. The fourth-order valence-electron chi connectivity index (χ4n) is 2.49. The third-order valence-corrected chi connectivity index (χ3v) is 4.26. The van der Waals surface area contributed by atoms with Crippen LogP contribution >= 0.6 is 0 Å². The Morgan fingerprint density at radius 1 is 1.38 bits per heavy atom. The average molecular weight is 287 g/mol. The van der Waals surface area contributed by atoms with Gasteiger partial charge in [0, 0.05) is 11.6 Å². The van der Waals surface area contributed by atoms with Crippen LogP contribution in [-0.4, -0.2) is 23.9 Å². The highest BCUT2D eigenvalue weighted by Gasteiger charge is 2.30. The summed E-state index contributed by atoms with van der Waals surface area (Å²) < 4.78 is 0. The second kappa shape index (κ2) is 5.39. The van der Waals surface area contributed by atoms with Crippen molar-refractivity contribution in [2.45, 2.75) is 45.2 Å². The number of nitrogens with one attached hydrogen (secondary N) is 3. The Kier molecular flexibility index (Phi) is 3.57. The van der Waals surface area contributed by atoms with E-state index >= 15 is 0 Å². The van der Waals surface area contributed by atoms with Gasteiger partial charge in [0.05, 0.1) is 11.4 Å². The summed E-state index contributed by atoms with van der Waals surface area (Å²) >= 11 is 0. The lowest BCUT2D eigenvalue weighted by atomic mass is 9.95. The molecule has 2 aliphatic rings. The summed E-state index contributed by atoms with van der Waals surface area (Å²) in [6.45, 7) is 4.13. The first-order valence-corrected chi connectivity index (χ1v) is 7.60. The summed E-state index contributed by atoms with van der Waals surface area (Å²) in [5, 5.41) is 9.13. The Labute approximate surface area is 124 Å². The zero-order valence-electron chi connectivity index (χ0n) is 12.4. The van der Waals surface area contributed by atoms with E-state index in [2.05, 4.69) is 29.8 Å². The maximum Gasteiger partial charge on any atom is 0.251 e. The van der Waals surface area contributed by atoms with Crippen LogP contribution < -0.4 is 16.0 Å². The summed E-state index contributed by atoms with van der Waals surface area (Å²) in [6.07, 6.45) is 3.05. The van der Waals surface area contributed by atoms with Crippen molar-refractivity contribution in [3.05, 3.63) is 23.8 Å². The van der Waals surface area contributed by atoms with Crippen LogP contribution in [0.15, 0.2) is 18.2 Å². The number of carbonyl (C=O) groups is 2. The summed E-state index contributed by atoms with van der Waals surface area (Å²) in [4.78, 5) is 24.2. The quantitative estimate of drug-likeness (QED) is 0.796. The van der Waals surface area contributed by atoms with Crippen molar-refractivity contribution < 1.29 is 9.59 Å². The maximum absolute atomic E-state index is 12.2. The van der Waals surface area contributed by atoms with Gasteiger partial charge in [-0.05, 0) is 37.0 Å². The minimum Gasteiger partial charge on any atom is -0.372 e. The number of amides is 2. The second-order valence-corrected chi connectivity index (χ2v) is 6.00. The number of benzene rings is 1. The van der Waals surface area contributed by atoms with E-state index in [0.717, 1.165) is 24.9 Å². The lowest BCUT2D eigenvalue weighted by molar-refractivity contribution is -0.118. The Morgan fingerprint density at radius 3 is 2.81 bits per heavy atom. The topological polar surface area (TPSA) is 70.2 Å². The molecule has 0 radical (unpaired) electrons. The van der Waals surface area contributed by atoms with Gasteiger partial charge in [-0.15, -0.1) is 0 Å². The predicted molar refractivity (Wildman–Crippen MR) is 82.4 cm³/mol. The molecule has 1 aliphatic heterocycles. The third kappa shape index (κ3) is 2.86. The predicted octanol–water partition coefficient (Wildman–Crippen LogP) is 2.36. The van der Waals surface area contributed by atoms with Crippen LogP contribution in [-0.2, 0) is 4.79 Å². The first-order chi connectivity index (χ1) is 10.1. The number of anilines is 2. The smallest absolute Gasteiger partial charge is 0.251 e. The van der Waals surface area contributed by atoms with E-state index in [1.165, 1.54) is 0 Å². The van der Waals surface area contributed by atoms with Crippen molar-refractivity contribution in [3.8, 4) is 0 Å². The first kappa shape index (κ1) is 13.9. The second-order valence-electron chi connectivity index (χ2n) is 6.00. The average Bonchev–Trinajstić information content (AvgIpc) is 3.29. The van der Waals surface area contributed by atoms with Crippen molar-refractivity contribution in [1.29, 1.82) is 0 Å². The van der Waals surface area contributed by atoms with Crippen molar-refractivity contribution in [1.82, 2.24) is 5.32 Å². The summed E-state index contributed by atoms with van der Waals surface area (Å²) in [7, 11) is 0. The van der Waals surface area contributed by atoms with Crippen LogP contribution in [0.2, 0.25) is 0 Å². The monoisotopic (exact) mass is 287 g/mol. The Balaban J connectivity index is 1.79. The van der Waals surface area contributed by atoms with Gasteiger partial charge in [0.25, 0.3) is 5.91 Å². The largest absolute Gasteiger partial charge is 0.372 e. The molecule has 0 aromatic heterocycles. The van der Waals surface area contributed by atoms with E-state index in [4.69, 9.17) is 0 Å². The molecule has 21 heavy (non-hydrogen) atoms. The van der Waals surface area contributed by atoms with Gasteiger partial charge in [-0.25, -0.2) is 0 Å². The van der Waals surface area contributed by atoms with Crippen LogP contribution in [0, 0.1) is 5.92 Å².